The first-order valence-corrected chi connectivity index (χ1v) is 3.97. The summed E-state index contributed by atoms with van der Waals surface area (Å²) in [5.74, 6) is 0.000833. The van der Waals surface area contributed by atoms with Crippen LogP contribution in [0.4, 0.5) is 0 Å². The predicted molar refractivity (Wildman–Crippen MR) is 48.5 cm³/mol. The highest BCUT2D eigenvalue weighted by Gasteiger charge is 2.24. The van der Waals surface area contributed by atoms with Gasteiger partial charge in [-0.25, -0.2) is 0 Å². The van der Waals surface area contributed by atoms with Gasteiger partial charge in [-0.15, -0.1) is 0 Å². The Labute approximate surface area is 86.0 Å². The number of nitrogens with zero attached hydrogens (tertiary/aromatic N) is 1. The highest BCUT2D eigenvalue weighted by molar-refractivity contribution is 5.95. The number of rotatable bonds is 4. The van der Waals surface area contributed by atoms with Crippen LogP contribution in [0.1, 0.15) is 13.8 Å². The Morgan fingerprint density at radius 2 is 1.92 bits per heavy atom. The third kappa shape index (κ3) is 5.03. The molecule has 0 spiro atoms. The normalized spacial score (nSPS) is 13.0. The zero-order valence-corrected chi connectivity index (χ0v) is 9.43. The fourth-order valence-corrected chi connectivity index (χ4v) is 0.637. The Balaban J connectivity index is 0. The number of hydrogen-bond acceptors (Lipinski definition) is 2. The molecule has 0 aromatic carbocycles. The molecule has 1 unspecified atom stereocenters. The maximum atomic E-state index is 11.2. The van der Waals surface area contributed by atoms with Gasteiger partial charge in [-0.3, -0.25) is 9.28 Å². The average molecular weight is 208 g/mol. The van der Waals surface area contributed by atoms with Crippen LogP contribution in [0.3, 0.4) is 0 Å². The minimum absolute atomic E-state index is 0. The third-order valence-electron chi connectivity index (χ3n) is 2.04. The molecule has 0 heterocycles. The van der Waals surface area contributed by atoms with Crippen molar-refractivity contribution in [1.82, 2.24) is 0 Å². The molecule has 1 N–H and O–H groups in total. The summed E-state index contributed by atoms with van der Waals surface area (Å²) < 4.78 is 0.283. The van der Waals surface area contributed by atoms with E-state index in [2.05, 4.69) is 6.58 Å². The van der Waals surface area contributed by atoms with Crippen molar-refractivity contribution < 1.29 is 26.8 Å². The Kier molecular flexibility index (Phi) is 6.24. The Hall–Kier alpha value is -0.380. The number of Topliss-reactive ketones (excluding diaryl/α,β-unsaturated/α-hetero) is 1. The maximum absolute atomic E-state index is 11.2. The van der Waals surface area contributed by atoms with Crippen LogP contribution in [0.2, 0.25) is 0 Å². The fraction of sp³-hybridized carbons (Fsp3) is 0.667. The second kappa shape index (κ2) is 5.37. The molecule has 0 aliphatic rings. The fourth-order valence-electron chi connectivity index (χ4n) is 0.637. The molecule has 0 aliphatic heterocycles. The Morgan fingerprint density at radius 3 is 2.15 bits per heavy atom. The summed E-state index contributed by atoms with van der Waals surface area (Å²) >= 11 is 0. The molecule has 0 radical (unpaired) electrons. The molecular formula is C9H18ClNO2. The third-order valence-corrected chi connectivity index (χ3v) is 2.04. The van der Waals surface area contributed by atoms with Crippen molar-refractivity contribution in [3.05, 3.63) is 12.2 Å². The van der Waals surface area contributed by atoms with Crippen molar-refractivity contribution in [2.75, 3.05) is 20.6 Å². The number of halogens is 1. The first kappa shape index (κ1) is 15.1. The van der Waals surface area contributed by atoms with Crippen LogP contribution in [0.15, 0.2) is 12.2 Å². The summed E-state index contributed by atoms with van der Waals surface area (Å²) in [5.41, 5.74) is 0.543. The summed E-state index contributed by atoms with van der Waals surface area (Å²) in [5, 5.41) is 9.30. The number of carbonyl (C=O) groups excluding carboxylic acids is 1. The van der Waals surface area contributed by atoms with Gasteiger partial charge in [0.1, 0.15) is 6.54 Å². The van der Waals surface area contributed by atoms with Crippen LogP contribution in [0.25, 0.3) is 0 Å². The smallest absolute Gasteiger partial charge is 0.212 e. The zero-order chi connectivity index (χ0) is 9.94. The number of quaternary nitrogens is 1. The van der Waals surface area contributed by atoms with Crippen LogP contribution >= 0.6 is 0 Å². The van der Waals surface area contributed by atoms with Gasteiger partial charge >= 0.3 is 0 Å². The quantitative estimate of drug-likeness (QED) is 0.316. The van der Waals surface area contributed by atoms with E-state index in [1.54, 1.807) is 13.8 Å². The van der Waals surface area contributed by atoms with E-state index >= 15 is 0 Å². The minimum Gasteiger partial charge on any atom is -1.00 e. The van der Waals surface area contributed by atoms with Crippen LogP contribution in [0, 0.1) is 0 Å². The molecule has 0 aliphatic carbocycles. The van der Waals surface area contributed by atoms with Gasteiger partial charge in [-0.2, -0.15) is 0 Å². The summed E-state index contributed by atoms with van der Waals surface area (Å²) in [7, 11) is 3.62. The molecule has 1 atom stereocenters. The van der Waals surface area contributed by atoms with Crippen molar-refractivity contribution in [1.29, 1.82) is 0 Å². The number of aliphatic hydroxyl groups excluding tert-OH is 1. The van der Waals surface area contributed by atoms with Crippen molar-refractivity contribution >= 4 is 5.78 Å². The topological polar surface area (TPSA) is 37.3 Å². The Bertz CT molecular complexity index is 200. The molecule has 0 amide bonds. The van der Waals surface area contributed by atoms with Gasteiger partial charge in [0, 0.05) is 6.92 Å². The number of ketones is 1. The van der Waals surface area contributed by atoms with Crippen molar-refractivity contribution in [3.8, 4) is 0 Å². The predicted octanol–water partition coefficient (Wildman–Crippen LogP) is -2.45. The molecule has 0 saturated carbocycles. The monoisotopic (exact) mass is 207 g/mol. The Morgan fingerprint density at radius 1 is 1.54 bits per heavy atom. The van der Waals surface area contributed by atoms with Crippen LogP contribution in [-0.2, 0) is 4.79 Å². The van der Waals surface area contributed by atoms with E-state index in [-0.39, 0.29) is 22.7 Å². The van der Waals surface area contributed by atoms with E-state index in [1.165, 1.54) is 0 Å². The maximum Gasteiger partial charge on any atom is 0.212 e. The van der Waals surface area contributed by atoms with E-state index in [4.69, 9.17) is 0 Å². The molecule has 4 heteroatoms. The van der Waals surface area contributed by atoms with Gasteiger partial charge in [0.15, 0.2) is 6.23 Å². The molecule has 3 nitrogen and oxygen atoms in total. The van der Waals surface area contributed by atoms with Gasteiger partial charge in [0.25, 0.3) is 0 Å². The highest BCUT2D eigenvalue weighted by Crippen LogP contribution is 2.05. The van der Waals surface area contributed by atoms with E-state index in [0.29, 0.717) is 12.1 Å². The minimum atomic E-state index is -0.534. The summed E-state index contributed by atoms with van der Waals surface area (Å²) in [4.78, 5) is 11.2. The lowest BCUT2D eigenvalue weighted by molar-refractivity contribution is -0.927. The lowest BCUT2D eigenvalue weighted by atomic mass is 10.2. The van der Waals surface area contributed by atoms with E-state index < -0.39 is 6.23 Å². The lowest BCUT2D eigenvalue weighted by Crippen LogP contribution is -3.00. The first-order valence-electron chi connectivity index (χ1n) is 3.97. The number of aliphatic hydroxyl groups is 1. The van der Waals surface area contributed by atoms with E-state index in [0.717, 1.165) is 0 Å². The highest BCUT2D eigenvalue weighted by atomic mass is 35.5. The largest absolute Gasteiger partial charge is 1.00 e. The number of likely N-dealkylation sites (N-methyl/N-ethyl adjacent to an activating group) is 1. The van der Waals surface area contributed by atoms with Crippen LogP contribution < -0.4 is 12.4 Å². The summed E-state index contributed by atoms with van der Waals surface area (Å²) in [6.45, 7) is 7.21. The average Bonchev–Trinajstić information content (AvgIpc) is 1.85. The second-order valence-electron chi connectivity index (χ2n) is 3.77. The molecular weight excluding hydrogens is 190 g/mol. The molecule has 78 valence electrons. The van der Waals surface area contributed by atoms with Gasteiger partial charge < -0.3 is 17.5 Å². The molecule has 0 fully saturated rings. The van der Waals surface area contributed by atoms with Crippen molar-refractivity contribution in [3.63, 3.8) is 0 Å². The molecule has 0 saturated heterocycles. The van der Waals surface area contributed by atoms with Crippen LogP contribution in [0.5, 0.6) is 0 Å². The standard InChI is InChI=1S/C9H18NO2.ClH/c1-7(2)9(12)6-10(4,5)8(3)11;/h8,11H,1,6H2,2-5H3;1H/q+1;/p-1. The molecule has 0 aromatic rings. The van der Waals surface area contributed by atoms with Crippen LogP contribution in [-0.4, -0.2) is 42.2 Å². The van der Waals surface area contributed by atoms with Gasteiger partial charge in [0.2, 0.25) is 5.78 Å². The van der Waals surface area contributed by atoms with E-state index in [1.807, 2.05) is 14.1 Å². The van der Waals surface area contributed by atoms with Gasteiger partial charge in [0.05, 0.1) is 14.1 Å². The number of carbonyl (C=O) groups is 1. The summed E-state index contributed by atoms with van der Waals surface area (Å²) in [6, 6.07) is 0. The lowest BCUT2D eigenvalue weighted by Gasteiger charge is -2.31. The molecule has 0 rings (SSSR count). The second-order valence-corrected chi connectivity index (χ2v) is 3.77. The van der Waals surface area contributed by atoms with Crippen molar-refractivity contribution in [2.45, 2.75) is 20.1 Å². The van der Waals surface area contributed by atoms with Crippen molar-refractivity contribution in [2.24, 2.45) is 0 Å². The first-order chi connectivity index (χ1) is 5.27. The van der Waals surface area contributed by atoms with Gasteiger partial charge in [-0.05, 0) is 12.5 Å². The number of hydrogen-bond donors (Lipinski definition) is 1. The van der Waals surface area contributed by atoms with E-state index in [9.17, 15) is 9.90 Å². The molecule has 0 bridgehead atoms. The summed E-state index contributed by atoms with van der Waals surface area (Å²) in [6.07, 6.45) is -0.534. The zero-order valence-electron chi connectivity index (χ0n) is 8.67. The van der Waals surface area contributed by atoms with Gasteiger partial charge in [-0.1, -0.05) is 6.58 Å². The SMILES string of the molecule is C=C(C)C(=O)C[N+](C)(C)C(C)O.[Cl-]. The molecule has 0 aromatic heterocycles. The molecule has 13 heavy (non-hydrogen) atoms.